The van der Waals surface area contributed by atoms with Gasteiger partial charge in [0.2, 0.25) is 5.78 Å². The van der Waals surface area contributed by atoms with Crippen molar-refractivity contribution in [1.82, 2.24) is 5.32 Å². The van der Waals surface area contributed by atoms with Gasteiger partial charge < -0.3 is 5.32 Å². The van der Waals surface area contributed by atoms with Crippen molar-refractivity contribution in [2.75, 3.05) is 0 Å². The fourth-order valence-corrected chi connectivity index (χ4v) is 1.87. The average molecular weight is 213 g/mol. The maximum absolute atomic E-state index is 12.0. The summed E-state index contributed by atoms with van der Waals surface area (Å²) in [5.74, 6) is -0.152. The van der Waals surface area contributed by atoms with Crippen LogP contribution in [0.2, 0.25) is 0 Å². The van der Waals surface area contributed by atoms with Gasteiger partial charge in [0.1, 0.15) is 0 Å². The summed E-state index contributed by atoms with van der Waals surface area (Å²) >= 11 is 0. The van der Waals surface area contributed by atoms with E-state index in [-0.39, 0.29) is 11.6 Å². The van der Waals surface area contributed by atoms with Gasteiger partial charge in [-0.15, -0.1) is 0 Å². The molecule has 16 heavy (non-hydrogen) atoms. The molecule has 1 saturated carbocycles. The Labute approximate surface area is 93.2 Å². The van der Waals surface area contributed by atoms with Crippen molar-refractivity contribution < 1.29 is 9.59 Å². The van der Waals surface area contributed by atoms with Gasteiger partial charge in [-0.05, 0) is 12.8 Å². The average Bonchev–Trinajstić information content (AvgIpc) is 3.10. The lowest BCUT2D eigenvalue weighted by atomic mass is 9.93. The summed E-state index contributed by atoms with van der Waals surface area (Å²) in [6.45, 7) is 0. The predicted octanol–water partition coefficient (Wildman–Crippen LogP) is 1.70. The molecule has 0 atom stereocenters. The third-order valence-electron chi connectivity index (χ3n) is 2.89. The minimum absolute atomic E-state index is 0.0675. The quantitative estimate of drug-likeness (QED) is 0.813. The van der Waals surface area contributed by atoms with Crippen LogP contribution in [0.15, 0.2) is 36.0 Å². The van der Waals surface area contributed by atoms with E-state index in [0.717, 1.165) is 12.8 Å². The monoisotopic (exact) mass is 213 g/mol. The van der Waals surface area contributed by atoms with Crippen molar-refractivity contribution in [1.29, 1.82) is 0 Å². The van der Waals surface area contributed by atoms with Crippen LogP contribution in [0.25, 0.3) is 0 Å². The second kappa shape index (κ2) is 3.30. The van der Waals surface area contributed by atoms with Crippen LogP contribution in [-0.2, 0) is 0 Å². The Morgan fingerprint density at radius 2 is 1.75 bits per heavy atom. The van der Waals surface area contributed by atoms with E-state index in [0.29, 0.717) is 22.9 Å². The van der Waals surface area contributed by atoms with E-state index in [1.165, 1.54) is 6.08 Å². The Bertz CT molecular complexity index is 512. The molecule has 0 saturated heterocycles. The molecule has 0 radical (unpaired) electrons. The number of Topliss-reactive ketones (excluding diaryl/α,β-unsaturated/α-hetero) is 1. The summed E-state index contributed by atoms with van der Waals surface area (Å²) in [6.07, 6.45) is 3.59. The molecule has 0 unspecified atom stereocenters. The van der Waals surface area contributed by atoms with Gasteiger partial charge in [-0.25, -0.2) is 0 Å². The molecule has 1 N–H and O–H groups in total. The van der Waals surface area contributed by atoms with E-state index in [1.54, 1.807) is 24.3 Å². The highest BCUT2D eigenvalue weighted by Crippen LogP contribution is 2.24. The molecular weight excluding hydrogens is 202 g/mol. The lowest BCUT2D eigenvalue weighted by Gasteiger charge is -2.15. The molecule has 2 aliphatic carbocycles. The van der Waals surface area contributed by atoms with Gasteiger partial charge >= 0.3 is 0 Å². The van der Waals surface area contributed by atoms with Crippen LogP contribution in [0.3, 0.4) is 0 Å². The minimum atomic E-state index is -0.0849. The van der Waals surface area contributed by atoms with Gasteiger partial charge in [-0.1, -0.05) is 24.3 Å². The molecule has 0 bridgehead atoms. The number of allylic oxidation sites excluding steroid dienone is 2. The van der Waals surface area contributed by atoms with Crippen molar-refractivity contribution in [3.63, 3.8) is 0 Å². The van der Waals surface area contributed by atoms with Crippen molar-refractivity contribution in [2.45, 2.75) is 18.9 Å². The lowest BCUT2D eigenvalue weighted by Crippen LogP contribution is -2.28. The first-order valence-corrected chi connectivity index (χ1v) is 5.42. The molecule has 1 fully saturated rings. The summed E-state index contributed by atoms with van der Waals surface area (Å²) in [7, 11) is 0. The number of ketones is 2. The number of fused-ring (bicyclic) bond motifs is 1. The van der Waals surface area contributed by atoms with Crippen molar-refractivity contribution in [3.05, 3.63) is 47.2 Å². The number of nitrogens with one attached hydrogen (secondary N) is 1. The molecule has 80 valence electrons. The van der Waals surface area contributed by atoms with Crippen LogP contribution in [0, 0.1) is 0 Å². The molecular formula is C13H11NO2. The smallest absolute Gasteiger partial charge is 0.209 e. The van der Waals surface area contributed by atoms with E-state index in [2.05, 4.69) is 5.32 Å². The van der Waals surface area contributed by atoms with Crippen molar-refractivity contribution >= 4 is 11.6 Å². The zero-order valence-electron chi connectivity index (χ0n) is 8.69. The standard InChI is InChI=1S/C13H11NO2/c15-12-7-11(14-8-5-6-8)13(16)10-4-2-1-3-9(10)12/h1-4,7-8,14H,5-6H2. The van der Waals surface area contributed by atoms with Crippen LogP contribution >= 0.6 is 0 Å². The van der Waals surface area contributed by atoms with Gasteiger partial charge in [0.25, 0.3) is 0 Å². The molecule has 1 aromatic carbocycles. The molecule has 0 spiro atoms. The van der Waals surface area contributed by atoms with Gasteiger partial charge in [0, 0.05) is 23.2 Å². The number of hydrogen-bond acceptors (Lipinski definition) is 3. The van der Waals surface area contributed by atoms with E-state index in [9.17, 15) is 9.59 Å². The van der Waals surface area contributed by atoms with Gasteiger partial charge in [0.05, 0.1) is 5.70 Å². The second-order valence-electron chi connectivity index (χ2n) is 4.22. The number of benzene rings is 1. The maximum Gasteiger partial charge on any atom is 0.209 e. The number of hydrogen-bond donors (Lipinski definition) is 1. The topological polar surface area (TPSA) is 46.2 Å². The maximum atomic E-state index is 12.0. The Balaban J connectivity index is 2.00. The SMILES string of the molecule is O=C1C=C(NC2CC2)C(=O)c2ccccc21. The minimum Gasteiger partial charge on any atom is -0.379 e. The summed E-state index contributed by atoms with van der Waals surface area (Å²) in [5.41, 5.74) is 1.47. The first-order valence-electron chi connectivity index (χ1n) is 5.42. The van der Waals surface area contributed by atoms with Crippen LogP contribution in [0.1, 0.15) is 33.6 Å². The fourth-order valence-electron chi connectivity index (χ4n) is 1.87. The molecule has 3 heteroatoms. The van der Waals surface area contributed by atoms with E-state index >= 15 is 0 Å². The summed E-state index contributed by atoms with van der Waals surface area (Å²) in [5, 5.41) is 3.10. The zero-order valence-corrected chi connectivity index (χ0v) is 8.69. The highest BCUT2D eigenvalue weighted by atomic mass is 16.1. The summed E-state index contributed by atoms with van der Waals surface area (Å²) in [6, 6.07) is 7.34. The Kier molecular flexibility index (Phi) is 1.93. The van der Waals surface area contributed by atoms with Gasteiger partial charge in [-0.3, -0.25) is 9.59 Å². The zero-order chi connectivity index (χ0) is 11.1. The molecule has 0 aliphatic heterocycles. The summed E-state index contributed by atoms with van der Waals surface area (Å²) < 4.78 is 0. The van der Waals surface area contributed by atoms with Crippen molar-refractivity contribution in [3.8, 4) is 0 Å². The highest BCUT2D eigenvalue weighted by molar-refractivity contribution is 6.24. The molecule has 0 aromatic heterocycles. The molecule has 3 rings (SSSR count). The second-order valence-corrected chi connectivity index (χ2v) is 4.22. The predicted molar refractivity (Wildman–Crippen MR) is 59.3 cm³/mol. The number of rotatable bonds is 2. The Morgan fingerprint density at radius 1 is 1.06 bits per heavy atom. The number of carbonyl (C=O) groups excluding carboxylic acids is 2. The highest BCUT2D eigenvalue weighted by Gasteiger charge is 2.29. The molecule has 0 heterocycles. The van der Waals surface area contributed by atoms with Crippen LogP contribution in [0.5, 0.6) is 0 Å². The van der Waals surface area contributed by atoms with E-state index in [4.69, 9.17) is 0 Å². The van der Waals surface area contributed by atoms with E-state index < -0.39 is 0 Å². The van der Waals surface area contributed by atoms with Crippen LogP contribution < -0.4 is 5.32 Å². The van der Waals surface area contributed by atoms with Crippen LogP contribution in [0.4, 0.5) is 0 Å². The largest absolute Gasteiger partial charge is 0.379 e. The molecule has 1 aromatic rings. The molecule has 3 nitrogen and oxygen atoms in total. The fraction of sp³-hybridized carbons (Fsp3) is 0.231. The Hall–Kier alpha value is -1.90. The van der Waals surface area contributed by atoms with E-state index in [1.807, 2.05) is 0 Å². The third kappa shape index (κ3) is 1.45. The lowest BCUT2D eigenvalue weighted by molar-refractivity contribution is 0.0978. The summed E-state index contributed by atoms with van der Waals surface area (Å²) in [4.78, 5) is 23.8. The van der Waals surface area contributed by atoms with Crippen LogP contribution in [-0.4, -0.2) is 17.6 Å². The molecule has 2 aliphatic rings. The molecule has 0 amide bonds. The Morgan fingerprint density at radius 3 is 2.44 bits per heavy atom. The first kappa shape index (κ1) is 9.33. The third-order valence-corrected chi connectivity index (χ3v) is 2.89. The van der Waals surface area contributed by atoms with Crippen molar-refractivity contribution in [2.24, 2.45) is 0 Å². The normalized spacial score (nSPS) is 19.1. The number of carbonyl (C=O) groups is 2. The van der Waals surface area contributed by atoms with Gasteiger partial charge in [0.15, 0.2) is 5.78 Å². The van der Waals surface area contributed by atoms with Gasteiger partial charge in [-0.2, -0.15) is 0 Å². The first-order chi connectivity index (χ1) is 7.75.